The van der Waals surface area contributed by atoms with E-state index in [9.17, 15) is 14.7 Å². The Morgan fingerprint density at radius 3 is 2.56 bits per heavy atom. The lowest BCUT2D eigenvalue weighted by molar-refractivity contribution is -0.150. The molecule has 1 aromatic heterocycles. The first-order valence-electron chi connectivity index (χ1n) is 12.7. The van der Waals surface area contributed by atoms with Gasteiger partial charge in [0.2, 0.25) is 0 Å². The Morgan fingerprint density at radius 2 is 2.03 bits per heavy atom. The molecule has 1 amide bonds. The zero-order valence-electron chi connectivity index (χ0n) is 22.5. The average Bonchev–Trinajstić information content (AvgIpc) is 3.44. The Balaban J connectivity index is 2.17. The largest absolute Gasteiger partial charge is 0.496 e. The molecule has 0 spiro atoms. The molecule has 1 aromatic carbocycles. The van der Waals surface area contributed by atoms with Gasteiger partial charge in [-0.2, -0.15) is 0 Å². The number of amides is 1. The summed E-state index contributed by atoms with van der Waals surface area (Å²) in [5.74, 6) is -0.804. The zero-order valence-corrected chi connectivity index (χ0v) is 23.4. The van der Waals surface area contributed by atoms with Crippen LogP contribution in [0.25, 0.3) is 0 Å². The molecular formula is C28H40N2O5S. The van der Waals surface area contributed by atoms with Crippen LogP contribution >= 0.6 is 11.3 Å². The summed E-state index contributed by atoms with van der Waals surface area (Å²) in [6.45, 7) is 13.3. The summed E-state index contributed by atoms with van der Waals surface area (Å²) in [6.07, 6.45) is 3.24. The van der Waals surface area contributed by atoms with Gasteiger partial charge in [-0.25, -0.2) is 9.78 Å². The average molecular weight is 517 g/mol. The van der Waals surface area contributed by atoms with E-state index in [1.54, 1.807) is 30.3 Å². The molecule has 1 aliphatic heterocycles. The topological polar surface area (TPSA) is 89.0 Å². The number of nitrogens with zero attached hydrogens (tertiary/aromatic N) is 2. The van der Waals surface area contributed by atoms with E-state index in [0.717, 1.165) is 17.0 Å². The zero-order chi connectivity index (χ0) is 26.7. The number of carboxylic acids is 1. The number of aromatic nitrogens is 1. The summed E-state index contributed by atoms with van der Waals surface area (Å²) in [6, 6.07) is 4.95. The number of likely N-dealkylation sites (tertiary alicyclic amines) is 1. The van der Waals surface area contributed by atoms with Gasteiger partial charge in [-0.15, -0.1) is 11.3 Å². The third-order valence-corrected chi connectivity index (χ3v) is 7.64. The Bertz CT molecular complexity index is 1050. The number of carbonyl (C=O) groups is 2. The molecule has 7 nitrogen and oxygen atoms in total. The van der Waals surface area contributed by atoms with E-state index in [-0.39, 0.29) is 23.2 Å². The number of rotatable bonds is 10. The molecule has 0 aliphatic carbocycles. The molecule has 36 heavy (non-hydrogen) atoms. The molecule has 2 heterocycles. The lowest BCUT2D eigenvalue weighted by atomic mass is 9.83. The first kappa shape index (κ1) is 28.1. The summed E-state index contributed by atoms with van der Waals surface area (Å²) in [5, 5.41) is 13.3. The van der Waals surface area contributed by atoms with Crippen LogP contribution in [-0.4, -0.2) is 52.7 Å². The SMILES string of the molecule is CCCOCC1CC(CC(C)C)(C(=O)O)N(C(=O)c2ccc(C(C)(C)C)c(OC)c2)C1c1nccs1. The molecular weight excluding hydrogens is 476 g/mol. The van der Waals surface area contributed by atoms with Crippen molar-refractivity contribution in [1.29, 1.82) is 0 Å². The van der Waals surface area contributed by atoms with E-state index in [4.69, 9.17) is 9.47 Å². The molecule has 2 aromatic rings. The number of ether oxygens (including phenoxy) is 2. The smallest absolute Gasteiger partial charge is 0.329 e. The fourth-order valence-corrected chi connectivity index (χ4v) is 6.20. The van der Waals surface area contributed by atoms with E-state index in [1.807, 2.05) is 32.2 Å². The van der Waals surface area contributed by atoms with Gasteiger partial charge in [0, 0.05) is 29.7 Å². The fourth-order valence-electron chi connectivity index (χ4n) is 5.38. The van der Waals surface area contributed by atoms with Crippen LogP contribution in [0.1, 0.15) is 87.8 Å². The highest BCUT2D eigenvalue weighted by Gasteiger charge is 2.59. The number of benzene rings is 1. The van der Waals surface area contributed by atoms with E-state index >= 15 is 0 Å². The van der Waals surface area contributed by atoms with Crippen LogP contribution in [0, 0.1) is 11.8 Å². The second-order valence-corrected chi connectivity index (χ2v) is 12.1. The monoisotopic (exact) mass is 516 g/mol. The first-order valence-corrected chi connectivity index (χ1v) is 13.6. The number of methoxy groups -OCH3 is 1. The fraction of sp³-hybridized carbons (Fsp3) is 0.607. The highest BCUT2D eigenvalue weighted by atomic mass is 32.1. The molecule has 0 bridgehead atoms. The molecule has 3 atom stereocenters. The summed E-state index contributed by atoms with van der Waals surface area (Å²) in [5.41, 5.74) is -0.144. The van der Waals surface area contributed by atoms with Gasteiger partial charge in [0.25, 0.3) is 5.91 Å². The van der Waals surface area contributed by atoms with Gasteiger partial charge in [0.05, 0.1) is 19.8 Å². The van der Waals surface area contributed by atoms with Crippen LogP contribution in [-0.2, 0) is 14.9 Å². The van der Waals surface area contributed by atoms with Gasteiger partial charge in [0.15, 0.2) is 0 Å². The first-order chi connectivity index (χ1) is 17.0. The number of hydrogen-bond donors (Lipinski definition) is 1. The number of carbonyl (C=O) groups excluding carboxylic acids is 1. The van der Waals surface area contributed by atoms with Crippen LogP contribution < -0.4 is 4.74 Å². The van der Waals surface area contributed by atoms with Crippen molar-refractivity contribution in [2.45, 2.75) is 77.8 Å². The minimum absolute atomic E-state index is 0.0708. The van der Waals surface area contributed by atoms with E-state index in [0.29, 0.717) is 37.4 Å². The van der Waals surface area contributed by atoms with Crippen LogP contribution in [0.2, 0.25) is 0 Å². The van der Waals surface area contributed by atoms with Crippen molar-refractivity contribution in [1.82, 2.24) is 9.88 Å². The Hall–Kier alpha value is -2.45. The van der Waals surface area contributed by atoms with Gasteiger partial charge in [0.1, 0.15) is 16.3 Å². The highest BCUT2D eigenvalue weighted by molar-refractivity contribution is 7.09. The molecule has 3 unspecified atom stereocenters. The third kappa shape index (κ3) is 5.59. The van der Waals surface area contributed by atoms with Gasteiger partial charge in [-0.05, 0) is 48.3 Å². The van der Waals surface area contributed by atoms with Crippen LogP contribution in [0.15, 0.2) is 29.8 Å². The maximum atomic E-state index is 14.3. The van der Waals surface area contributed by atoms with Crippen molar-refractivity contribution in [3.8, 4) is 5.75 Å². The van der Waals surface area contributed by atoms with Crippen molar-refractivity contribution in [3.63, 3.8) is 0 Å². The van der Waals surface area contributed by atoms with Gasteiger partial charge in [-0.1, -0.05) is 47.6 Å². The van der Waals surface area contributed by atoms with Crippen molar-refractivity contribution in [2.24, 2.45) is 11.8 Å². The molecule has 0 saturated carbocycles. The van der Waals surface area contributed by atoms with E-state index in [1.165, 1.54) is 11.3 Å². The number of carboxylic acid groups (broad SMARTS) is 1. The van der Waals surface area contributed by atoms with Crippen molar-refractivity contribution in [2.75, 3.05) is 20.3 Å². The predicted octanol–water partition coefficient (Wildman–Crippen LogP) is 5.95. The second kappa shape index (κ2) is 11.3. The predicted molar refractivity (Wildman–Crippen MR) is 142 cm³/mol. The number of thiazole rings is 1. The normalized spacial score (nSPS) is 22.3. The lowest BCUT2D eigenvalue weighted by Crippen LogP contribution is -2.54. The highest BCUT2D eigenvalue weighted by Crippen LogP contribution is 2.51. The minimum atomic E-state index is -1.36. The van der Waals surface area contributed by atoms with Gasteiger partial charge < -0.3 is 19.5 Å². The lowest BCUT2D eigenvalue weighted by Gasteiger charge is -2.39. The van der Waals surface area contributed by atoms with Crippen LogP contribution in [0.3, 0.4) is 0 Å². The second-order valence-electron chi connectivity index (χ2n) is 11.1. The third-order valence-electron chi connectivity index (χ3n) is 6.79. The summed E-state index contributed by atoms with van der Waals surface area (Å²) in [7, 11) is 1.59. The summed E-state index contributed by atoms with van der Waals surface area (Å²) in [4.78, 5) is 33.5. The van der Waals surface area contributed by atoms with E-state index in [2.05, 4.69) is 25.8 Å². The molecule has 3 rings (SSSR count). The summed E-state index contributed by atoms with van der Waals surface area (Å²) >= 11 is 1.45. The molecule has 1 N–H and O–H groups in total. The maximum Gasteiger partial charge on any atom is 0.329 e. The molecule has 8 heteroatoms. The number of aliphatic carboxylic acids is 1. The van der Waals surface area contributed by atoms with Crippen LogP contribution in [0.4, 0.5) is 0 Å². The van der Waals surface area contributed by atoms with Gasteiger partial charge in [-0.3, -0.25) is 4.79 Å². The Kier molecular flexibility index (Phi) is 8.83. The quantitative estimate of drug-likeness (QED) is 0.393. The van der Waals surface area contributed by atoms with E-state index < -0.39 is 17.6 Å². The summed E-state index contributed by atoms with van der Waals surface area (Å²) < 4.78 is 11.6. The van der Waals surface area contributed by atoms with Crippen molar-refractivity contribution >= 4 is 23.2 Å². The standard InChI is InChI=1S/C28H40N2O5S/c1-8-12-35-17-20-16-28(26(32)33,15-18(2)3)30(23(20)24-29-11-13-36-24)25(31)19-9-10-21(27(4,5)6)22(14-19)34-7/h9-11,13-14,18,20,23H,8,12,15-17H2,1-7H3,(H,32,33). The minimum Gasteiger partial charge on any atom is -0.496 e. The molecule has 1 aliphatic rings. The molecule has 1 fully saturated rings. The van der Waals surface area contributed by atoms with Crippen molar-refractivity contribution in [3.05, 3.63) is 45.9 Å². The van der Waals surface area contributed by atoms with Crippen molar-refractivity contribution < 1.29 is 24.2 Å². The molecule has 198 valence electrons. The number of hydrogen-bond acceptors (Lipinski definition) is 6. The molecule has 0 radical (unpaired) electrons. The maximum absolute atomic E-state index is 14.3. The molecule has 1 saturated heterocycles. The Morgan fingerprint density at radius 1 is 1.31 bits per heavy atom. The Labute approximate surface area is 218 Å². The van der Waals surface area contributed by atoms with Gasteiger partial charge >= 0.3 is 5.97 Å². The van der Waals surface area contributed by atoms with Crippen LogP contribution in [0.5, 0.6) is 5.75 Å².